The number of benzene rings is 1. The van der Waals surface area contributed by atoms with Crippen LogP contribution in [0.4, 0.5) is 12.9 Å². The van der Waals surface area contributed by atoms with Crippen molar-refractivity contribution < 1.29 is 12.9 Å². The van der Waals surface area contributed by atoms with Gasteiger partial charge in [-0.3, -0.25) is 0 Å². The van der Waals surface area contributed by atoms with Crippen molar-refractivity contribution in [3.05, 3.63) is 30.1 Å². The Labute approximate surface area is 84.8 Å². The summed E-state index contributed by atoms with van der Waals surface area (Å²) in [6, 6.07) is 7.02. The van der Waals surface area contributed by atoms with E-state index in [0.29, 0.717) is 5.52 Å². The Hall–Kier alpha value is -1.46. The maximum absolute atomic E-state index is 12.3. The van der Waals surface area contributed by atoms with Gasteiger partial charge in [-0.05, 0) is 18.5 Å². The van der Waals surface area contributed by atoms with Gasteiger partial charge in [-0.2, -0.15) is 0 Å². The van der Waals surface area contributed by atoms with Gasteiger partial charge in [0.15, 0.2) is 0 Å². The number of halogens is 3. The summed E-state index contributed by atoms with van der Waals surface area (Å²) in [6.07, 6.45) is -0.925. The maximum atomic E-state index is 12.3. The molecular formula is C9H9BF3N2-. The van der Waals surface area contributed by atoms with Crippen LogP contribution in [0.1, 0.15) is 5.82 Å². The number of para-hydroxylation sites is 2. The predicted octanol–water partition coefficient (Wildman–Crippen LogP) is 2.50. The van der Waals surface area contributed by atoms with Crippen LogP contribution in [0, 0.1) is 0 Å². The molecule has 1 aromatic heterocycles. The normalized spacial score (nSPS) is 12.3. The molecule has 0 radical (unpaired) electrons. The molecule has 0 saturated heterocycles. The van der Waals surface area contributed by atoms with Crippen molar-refractivity contribution in [1.29, 1.82) is 0 Å². The molecule has 0 atom stereocenters. The first-order valence-corrected chi connectivity index (χ1v) is 4.59. The van der Waals surface area contributed by atoms with E-state index in [9.17, 15) is 12.9 Å². The first kappa shape index (κ1) is 10.1. The first-order chi connectivity index (χ1) is 6.97. The lowest BCUT2D eigenvalue weighted by atomic mass is 9.86. The van der Waals surface area contributed by atoms with Crippen molar-refractivity contribution in [2.75, 3.05) is 0 Å². The molecule has 2 aromatic rings. The second kappa shape index (κ2) is 3.29. The van der Waals surface area contributed by atoms with Crippen molar-refractivity contribution >= 4 is 18.0 Å². The van der Waals surface area contributed by atoms with Gasteiger partial charge in [0.1, 0.15) is 0 Å². The predicted molar refractivity (Wildman–Crippen MR) is 53.5 cm³/mol. The molecule has 0 amide bonds. The highest BCUT2D eigenvalue weighted by atomic mass is 19.4. The minimum atomic E-state index is -4.83. The maximum Gasteiger partial charge on any atom is 0.485 e. The second-order valence-corrected chi connectivity index (χ2v) is 3.49. The van der Waals surface area contributed by atoms with E-state index in [4.69, 9.17) is 0 Å². The summed E-state index contributed by atoms with van der Waals surface area (Å²) in [4.78, 5) is 3.96. The van der Waals surface area contributed by atoms with Crippen LogP contribution >= 0.6 is 0 Å². The summed E-state index contributed by atoms with van der Waals surface area (Å²) in [7, 11) is 1.60. The van der Waals surface area contributed by atoms with Gasteiger partial charge < -0.3 is 17.5 Å². The van der Waals surface area contributed by atoms with Gasteiger partial charge in [-0.1, -0.05) is 12.1 Å². The monoisotopic (exact) mass is 213 g/mol. The van der Waals surface area contributed by atoms with Gasteiger partial charge >= 0.3 is 6.98 Å². The van der Waals surface area contributed by atoms with E-state index in [2.05, 4.69) is 4.98 Å². The largest absolute Gasteiger partial charge is 0.485 e. The zero-order chi connectivity index (χ0) is 11.1. The molecule has 0 fully saturated rings. The van der Waals surface area contributed by atoms with Gasteiger partial charge in [-0.25, -0.2) is 4.98 Å². The molecule has 1 heterocycles. The molecule has 2 rings (SSSR count). The molecular weight excluding hydrogens is 204 g/mol. The molecule has 0 saturated carbocycles. The number of aryl methyl sites for hydroxylation is 1. The van der Waals surface area contributed by atoms with Crippen molar-refractivity contribution in [2.45, 2.75) is 6.32 Å². The summed E-state index contributed by atoms with van der Waals surface area (Å²) in [5, 5.41) is 0. The van der Waals surface area contributed by atoms with Gasteiger partial charge in [0.2, 0.25) is 0 Å². The van der Waals surface area contributed by atoms with Crippen LogP contribution in [0.25, 0.3) is 11.0 Å². The van der Waals surface area contributed by atoms with E-state index in [0.717, 1.165) is 5.52 Å². The number of rotatable bonds is 2. The Morgan fingerprint density at radius 2 is 1.93 bits per heavy atom. The number of fused-ring (bicyclic) bond motifs is 1. The lowest BCUT2D eigenvalue weighted by molar-refractivity contribution is 0.464. The van der Waals surface area contributed by atoms with E-state index in [1.807, 2.05) is 0 Å². The molecule has 0 spiro atoms. The first-order valence-electron chi connectivity index (χ1n) is 4.59. The SMILES string of the molecule is Cn1c(C[B-](F)(F)F)nc2ccccc21. The molecule has 0 aliphatic carbocycles. The van der Waals surface area contributed by atoms with E-state index in [1.54, 1.807) is 31.3 Å². The second-order valence-electron chi connectivity index (χ2n) is 3.49. The van der Waals surface area contributed by atoms with Crippen LogP contribution in [-0.4, -0.2) is 16.5 Å². The van der Waals surface area contributed by atoms with Gasteiger partial charge in [0.25, 0.3) is 0 Å². The van der Waals surface area contributed by atoms with Crippen LogP contribution in [0.2, 0.25) is 0 Å². The summed E-state index contributed by atoms with van der Waals surface area (Å²) < 4.78 is 38.3. The quantitative estimate of drug-likeness (QED) is 0.700. The Kier molecular flexibility index (Phi) is 2.21. The highest BCUT2D eigenvalue weighted by Gasteiger charge is 2.26. The molecule has 15 heavy (non-hydrogen) atoms. The lowest BCUT2D eigenvalue weighted by Crippen LogP contribution is -2.21. The van der Waals surface area contributed by atoms with Gasteiger partial charge in [0.05, 0.1) is 16.9 Å². The number of aromatic nitrogens is 2. The lowest BCUT2D eigenvalue weighted by Gasteiger charge is -2.12. The third-order valence-electron chi connectivity index (χ3n) is 2.29. The fraction of sp³-hybridized carbons (Fsp3) is 0.222. The standard InChI is InChI=1S/C9H9BF3N2/c1-15-8-5-3-2-4-7(8)14-9(15)6-10(11,12)13/h2-5H,6H2,1H3/q-1. The third-order valence-corrected chi connectivity index (χ3v) is 2.29. The molecule has 0 aliphatic rings. The summed E-state index contributed by atoms with van der Waals surface area (Å²) in [6.45, 7) is -4.83. The molecule has 2 nitrogen and oxygen atoms in total. The Balaban J connectivity index is 2.49. The van der Waals surface area contributed by atoms with Crippen LogP contribution in [0.3, 0.4) is 0 Å². The number of hydrogen-bond acceptors (Lipinski definition) is 1. The summed E-state index contributed by atoms with van der Waals surface area (Å²) >= 11 is 0. The van der Waals surface area contributed by atoms with Gasteiger partial charge in [0, 0.05) is 7.05 Å². The van der Waals surface area contributed by atoms with Crippen LogP contribution < -0.4 is 0 Å². The smallest absolute Gasteiger partial charge is 0.449 e. The third kappa shape index (κ3) is 1.98. The van der Waals surface area contributed by atoms with Crippen molar-refractivity contribution in [3.63, 3.8) is 0 Å². The fourth-order valence-corrected chi connectivity index (χ4v) is 1.59. The Morgan fingerprint density at radius 1 is 1.27 bits per heavy atom. The molecule has 0 N–H and O–H groups in total. The van der Waals surface area contributed by atoms with Crippen molar-refractivity contribution in [3.8, 4) is 0 Å². The fourth-order valence-electron chi connectivity index (χ4n) is 1.59. The molecule has 80 valence electrons. The topological polar surface area (TPSA) is 17.8 Å². The molecule has 0 bridgehead atoms. The molecule has 1 aromatic carbocycles. The summed E-state index contributed by atoms with van der Waals surface area (Å²) in [5.41, 5.74) is 1.34. The average Bonchev–Trinajstić information content (AvgIpc) is 2.42. The number of hydrogen-bond donors (Lipinski definition) is 0. The minimum Gasteiger partial charge on any atom is -0.449 e. The molecule has 0 unspecified atom stereocenters. The highest BCUT2D eigenvalue weighted by molar-refractivity contribution is 6.57. The van der Waals surface area contributed by atoms with Crippen molar-refractivity contribution in [1.82, 2.24) is 9.55 Å². The van der Waals surface area contributed by atoms with Crippen molar-refractivity contribution in [2.24, 2.45) is 7.05 Å². The number of nitrogens with zero attached hydrogens (tertiary/aromatic N) is 2. The molecule has 0 aliphatic heterocycles. The Morgan fingerprint density at radius 3 is 2.53 bits per heavy atom. The van der Waals surface area contributed by atoms with Gasteiger partial charge in [-0.15, -0.1) is 0 Å². The highest BCUT2D eigenvalue weighted by Crippen LogP contribution is 2.19. The van der Waals surface area contributed by atoms with Crippen LogP contribution in [0.15, 0.2) is 24.3 Å². The number of imidazole rings is 1. The minimum absolute atomic E-state index is 0.0729. The van der Waals surface area contributed by atoms with Crippen LogP contribution in [-0.2, 0) is 13.4 Å². The zero-order valence-electron chi connectivity index (χ0n) is 8.12. The average molecular weight is 213 g/mol. The van der Waals surface area contributed by atoms with E-state index in [1.165, 1.54) is 4.57 Å². The Bertz CT molecular complexity index is 490. The van der Waals surface area contributed by atoms with Crippen LogP contribution in [0.5, 0.6) is 0 Å². The van der Waals surface area contributed by atoms with E-state index < -0.39 is 13.3 Å². The zero-order valence-corrected chi connectivity index (χ0v) is 8.12. The molecule has 6 heteroatoms. The summed E-state index contributed by atoms with van der Waals surface area (Å²) in [5.74, 6) is 0.0729. The van der Waals surface area contributed by atoms with E-state index in [-0.39, 0.29) is 5.82 Å². The van der Waals surface area contributed by atoms with E-state index >= 15 is 0 Å².